The van der Waals surface area contributed by atoms with E-state index in [4.69, 9.17) is 4.74 Å². The first-order valence-electron chi connectivity index (χ1n) is 9.15. The molecule has 26 heavy (non-hydrogen) atoms. The first-order chi connectivity index (χ1) is 12.5. The van der Waals surface area contributed by atoms with Crippen molar-refractivity contribution in [2.45, 2.75) is 40.5 Å². The second kappa shape index (κ2) is 7.73. The summed E-state index contributed by atoms with van der Waals surface area (Å²) in [4.78, 5) is 12.6. The Bertz CT molecular complexity index is 925. The minimum atomic E-state index is -0.144. The van der Waals surface area contributed by atoms with E-state index < -0.39 is 0 Å². The zero-order chi connectivity index (χ0) is 18.7. The lowest BCUT2D eigenvalue weighted by atomic mass is 10.0. The van der Waals surface area contributed by atoms with Gasteiger partial charge in [0, 0.05) is 5.69 Å². The molecule has 1 aromatic heterocycles. The van der Waals surface area contributed by atoms with Gasteiger partial charge in [0.15, 0.2) is 6.61 Å². The van der Waals surface area contributed by atoms with Crippen LogP contribution in [0.1, 0.15) is 42.0 Å². The quantitative estimate of drug-likeness (QED) is 0.631. The van der Waals surface area contributed by atoms with Crippen LogP contribution in [0.15, 0.2) is 42.5 Å². The molecular weight excluding hydrogens is 324 g/mol. The molecule has 0 unspecified atom stereocenters. The topological polar surface area (TPSA) is 44.1 Å². The Hall–Kier alpha value is -2.62. The van der Waals surface area contributed by atoms with E-state index in [9.17, 15) is 4.79 Å². The van der Waals surface area contributed by atoms with Gasteiger partial charge in [-0.2, -0.15) is 5.10 Å². The van der Waals surface area contributed by atoms with Crippen molar-refractivity contribution in [1.82, 2.24) is 9.78 Å². The summed E-state index contributed by atoms with van der Waals surface area (Å²) >= 11 is 0. The molecule has 4 nitrogen and oxygen atoms in total. The number of aromatic nitrogens is 2. The molecule has 0 aliphatic rings. The van der Waals surface area contributed by atoms with Crippen LogP contribution in [0.2, 0.25) is 0 Å². The number of rotatable bonds is 6. The van der Waals surface area contributed by atoms with Crippen LogP contribution in [-0.4, -0.2) is 22.3 Å². The van der Waals surface area contributed by atoms with Crippen LogP contribution in [0.25, 0.3) is 10.8 Å². The van der Waals surface area contributed by atoms with E-state index in [1.807, 2.05) is 50.2 Å². The highest BCUT2D eigenvalue weighted by atomic mass is 16.5. The molecule has 0 amide bonds. The number of carbonyl (C=O) groups is 1. The van der Waals surface area contributed by atoms with Gasteiger partial charge in [0.2, 0.25) is 0 Å². The third kappa shape index (κ3) is 3.96. The average Bonchev–Trinajstić information content (AvgIpc) is 2.91. The summed E-state index contributed by atoms with van der Waals surface area (Å²) in [7, 11) is 0. The molecule has 0 saturated carbocycles. The molecule has 0 fully saturated rings. The van der Waals surface area contributed by atoms with E-state index >= 15 is 0 Å². The number of aryl methyl sites for hydroxylation is 1. The molecule has 2 aromatic carbocycles. The number of hydrogen-bond donors (Lipinski definition) is 0. The van der Waals surface area contributed by atoms with Crippen LogP contribution in [0, 0.1) is 19.8 Å². The van der Waals surface area contributed by atoms with Crippen molar-refractivity contribution < 1.29 is 9.53 Å². The Labute approximate surface area is 154 Å². The summed E-state index contributed by atoms with van der Waals surface area (Å²) in [6.07, 6.45) is 2.04. The summed E-state index contributed by atoms with van der Waals surface area (Å²) in [5.41, 5.74) is 3.04. The lowest BCUT2D eigenvalue weighted by molar-refractivity contribution is 0.0818. The van der Waals surface area contributed by atoms with Gasteiger partial charge in [-0.25, -0.2) is 4.68 Å². The Morgan fingerprint density at radius 1 is 1.12 bits per heavy atom. The third-order valence-electron chi connectivity index (χ3n) is 4.73. The van der Waals surface area contributed by atoms with E-state index in [0.717, 1.165) is 35.0 Å². The van der Waals surface area contributed by atoms with Crippen molar-refractivity contribution >= 4 is 16.7 Å². The summed E-state index contributed by atoms with van der Waals surface area (Å²) in [6.45, 7) is 8.32. The fourth-order valence-corrected chi connectivity index (χ4v) is 3.18. The molecule has 4 heteroatoms. The SMILES string of the molecule is Cc1nn(C(=O)COc2ccc3ccccc3c2)c(C)c1CCC(C)C. The predicted molar refractivity (Wildman–Crippen MR) is 105 cm³/mol. The monoisotopic (exact) mass is 350 g/mol. The van der Waals surface area contributed by atoms with Crippen molar-refractivity contribution in [2.24, 2.45) is 5.92 Å². The largest absolute Gasteiger partial charge is 0.484 e. The molecule has 0 bridgehead atoms. The fraction of sp³-hybridized carbons (Fsp3) is 0.364. The Morgan fingerprint density at radius 2 is 1.85 bits per heavy atom. The summed E-state index contributed by atoms with van der Waals surface area (Å²) in [5, 5.41) is 6.69. The lowest BCUT2D eigenvalue weighted by Gasteiger charge is -2.08. The molecular formula is C22H26N2O2. The normalized spacial score (nSPS) is 11.3. The number of hydrogen-bond acceptors (Lipinski definition) is 3. The Kier molecular flexibility index (Phi) is 5.40. The molecule has 3 aromatic rings. The minimum Gasteiger partial charge on any atom is -0.484 e. The number of carbonyl (C=O) groups excluding carboxylic acids is 1. The van der Waals surface area contributed by atoms with Crippen LogP contribution in [0.5, 0.6) is 5.75 Å². The van der Waals surface area contributed by atoms with Gasteiger partial charge < -0.3 is 4.74 Å². The summed E-state index contributed by atoms with van der Waals surface area (Å²) < 4.78 is 7.21. The smallest absolute Gasteiger partial charge is 0.284 e. The molecule has 0 aliphatic carbocycles. The van der Waals surface area contributed by atoms with Gasteiger partial charge in [0.1, 0.15) is 5.75 Å². The van der Waals surface area contributed by atoms with E-state index in [1.165, 1.54) is 10.2 Å². The van der Waals surface area contributed by atoms with Gasteiger partial charge in [-0.05, 0) is 61.1 Å². The van der Waals surface area contributed by atoms with Crippen molar-refractivity contribution in [3.8, 4) is 5.75 Å². The highest BCUT2D eigenvalue weighted by Gasteiger charge is 2.17. The summed E-state index contributed by atoms with van der Waals surface area (Å²) in [5.74, 6) is 1.18. The number of ether oxygens (including phenoxy) is 1. The molecule has 0 atom stereocenters. The molecule has 1 heterocycles. The average molecular weight is 350 g/mol. The van der Waals surface area contributed by atoms with Gasteiger partial charge in [-0.1, -0.05) is 44.2 Å². The fourth-order valence-electron chi connectivity index (χ4n) is 3.18. The first kappa shape index (κ1) is 18.2. The van der Waals surface area contributed by atoms with Crippen molar-refractivity contribution in [1.29, 1.82) is 0 Å². The molecule has 0 saturated heterocycles. The molecule has 0 spiro atoms. The predicted octanol–water partition coefficient (Wildman–Crippen LogP) is 4.96. The third-order valence-corrected chi connectivity index (χ3v) is 4.73. The van der Waals surface area contributed by atoms with E-state index in [-0.39, 0.29) is 12.5 Å². The lowest BCUT2D eigenvalue weighted by Crippen LogP contribution is -2.21. The van der Waals surface area contributed by atoms with Crippen molar-refractivity contribution in [3.63, 3.8) is 0 Å². The maximum absolute atomic E-state index is 12.6. The zero-order valence-electron chi connectivity index (χ0n) is 16.0. The number of benzene rings is 2. The minimum absolute atomic E-state index is 0.0239. The van der Waals surface area contributed by atoms with Gasteiger partial charge in [-0.15, -0.1) is 0 Å². The first-order valence-corrected chi connectivity index (χ1v) is 9.15. The molecule has 0 aliphatic heterocycles. The number of nitrogens with zero attached hydrogens (tertiary/aromatic N) is 2. The van der Waals surface area contributed by atoms with Crippen LogP contribution >= 0.6 is 0 Å². The Morgan fingerprint density at radius 3 is 2.58 bits per heavy atom. The molecule has 0 N–H and O–H groups in total. The Balaban J connectivity index is 1.70. The van der Waals surface area contributed by atoms with Crippen molar-refractivity contribution in [2.75, 3.05) is 6.61 Å². The van der Waals surface area contributed by atoms with Crippen LogP contribution in [0.4, 0.5) is 0 Å². The number of fused-ring (bicyclic) bond motifs is 1. The van der Waals surface area contributed by atoms with E-state index in [2.05, 4.69) is 25.0 Å². The zero-order valence-corrected chi connectivity index (χ0v) is 16.0. The highest BCUT2D eigenvalue weighted by molar-refractivity contribution is 5.84. The van der Waals surface area contributed by atoms with E-state index in [0.29, 0.717) is 11.7 Å². The second-order valence-electron chi connectivity index (χ2n) is 7.19. The van der Waals surface area contributed by atoms with Crippen molar-refractivity contribution in [3.05, 3.63) is 59.4 Å². The maximum Gasteiger partial charge on any atom is 0.284 e. The van der Waals surface area contributed by atoms with Crippen LogP contribution in [0.3, 0.4) is 0 Å². The molecule has 136 valence electrons. The second-order valence-corrected chi connectivity index (χ2v) is 7.19. The summed E-state index contributed by atoms with van der Waals surface area (Å²) in [6, 6.07) is 13.9. The van der Waals surface area contributed by atoms with Gasteiger partial charge >= 0.3 is 0 Å². The van der Waals surface area contributed by atoms with Gasteiger partial charge in [0.25, 0.3) is 5.91 Å². The van der Waals surface area contributed by atoms with Gasteiger partial charge in [-0.3, -0.25) is 4.79 Å². The van der Waals surface area contributed by atoms with Gasteiger partial charge in [0.05, 0.1) is 5.69 Å². The van der Waals surface area contributed by atoms with Crippen LogP contribution < -0.4 is 4.74 Å². The molecule has 3 rings (SSSR count). The highest BCUT2D eigenvalue weighted by Crippen LogP contribution is 2.21. The maximum atomic E-state index is 12.6. The molecule has 0 radical (unpaired) electrons. The standard InChI is InChI=1S/C22H26N2O2/c1-15(2)9-12-21-16(3)23-24(17(21)4)22(25)14-26-20-11-10-18-7-5-6-8-19(18)13-20/h5-8,10-11,13,15H,9,12,14H2,1-4H3. The van der Waals surface area contributed by atoms with E-state index in [1.54, 1.807) is 0 Å². The van der Waals surface area contributed by atoms with Crippen LogP contribution in [-0.2, 0) is 6.42 Å².